The minimum Gasteiger partial charge on any atom is -0.480 e. The van der Waals surface area contributed by atoms with Crippen molar-refractivity contribution < 1.29 is 23.1 Å². The second-order valence-corrected chi connectivity index (χ2v) is 6.74. The van der Waals surface area contributed by atoms with Crippen LogP contribution in [0.4, 0.5) is 0 Å². The van der Waals surface area contributed by atoms with Gasteiger partial charge >= 0.3 is 5.97 Å². The molecule has 1 fully saturated rings. The Bertz CT molecular complexity index is 465. The molecule has 1 saturated heterocycles. The summed E-state index contributed by atoms with van der Waals surface area (Å²) in [6, 6.07) is -0.917. The minimum atomic E-state index is -3.66. The number of carboxylic acid groups (broad SMARTS) is 1. The van der Waals surface area contributed by atoms with Crippen molar-refractivity contribution in [2.24, 2.45) is 16.8 Å². The number of carbonyl (C=O) groups is 2. The summed E-state index contributed by atoms with van der Waals surface area (Å²) >= 11 is 0. The Kier molecular flexibility index (Phi) is 5.90. The van der Waals surface area contributed by atoms with Crippen LogP contribution in [0.15, 0.2) is 0 Å². The molecule has 20 heavy (non-hydrogen) atoms. The van der Waals surface area contributed by atoms with Crippen molar-refractivity contribution in [3.8, 4) is 0 Å². The van der Waals surface area contributed by atoms with Crippen molar-refractivity contribution >= 4 is 21.9 Å². The molecule has 0 aromatic rings. The van der Waals surface area contributed by atoms with Gasteiger partial charge in [0.25, 0.3) is 0 Å². The third-order valence-corrected chi connectivity index (χ3v) is 4.24. The smallest absolute Gasteiger partial charge is 0.326 e. The first kappa shape index (κ1) is 16.9. The van der Waals surface area contributed by atoms with Gasteiger partial charge in [-0.2, -0.15) is 0 Å². The van der Waals surface area contributed by atoms with E-state index in [9.17, 15) is 23.1 Å². The van der Waals surface area contributed by atoms with E-state index in [1.165, 1.54) is 4.90 Å². The second-order valence-electron chi connectivity index (χ2n) is 5.08. The van der Waals surface area contributed by atoms with E-state index in [2.05, 4.69) is 0 Å². The van der Waals surface area contributed by atoms with Gasteiger partial charge in [-0.25, -0.2) is 18.4 Å². The molecule has 8 nitrogen and oxygen atoms in total. The number of carbonyl (C=O) groups excluding carboxylic acids is 1. The summed E-state index contributed by atoms with van der Waals surface area (Å²) in [6.45, 7) is 0.586. The first-order chi connectivity index (χ1) is 9.24. The summed E-state index contributed by atoms with van der Waals surface area (Å²) in [6.07, 6.45) is 1.64. The van der Waals surface area contributed by atoms with Crippen LogP contribution in [0.2, 0.25) is 0 Å². The number of hydrogen-bond acceptors (Lipinski definition) is 5. The average molecular weight is 307 g/mol. The number of hydrogen-bond donors (Lipinski definition) is 3. The van der Waals surface area contributed by atoms with Crippen LogP contribution in [0, 0.1) is 5.92 Å². The molecular weight excluding hydrogens is 286 g/mol. The fourth-order valence-corrected chi connectivity index (χ4v) is 3.32. The number of primary sulfonamides is 1. The number of unbranched alkanes of at least 4 members (excludes halogenated alkanes) is 1. The van der Waals surface area contributed by atoms with Gasteiger partial charge in [-0.05, 0) is 25.8 Å². The number of sulfonamides is 1. The Balaban J connectivity index is 2.67. The van der Waals surface area contributed by atoms with E-state index in [0.29, 0.717) is 25.8 Å². The molecule has 0 bridgehead atoms. The highest BCUT2D eigenvalue weighted by atomic mass is 32.2. The molecule has 2 unspecified atom stereocenters. The molecule has 0 aliphatic carbocycles. The molecule has 0 saturated carbocycles. The van der Waals surface area contributed by atoms with E-state index in [-0.39, 0.29) is 24.6 Å². The van der Waals surface area contributed by atoms with Gasteiger partial charge in [0.1, 0.15) is 6.04 Å². The van der Waals surface area contributed by atoms with Gasteiger partial charge < -0.3 is 15.7 Å². The van der Waals surface area contributed by atoms with Crippen LogP contribution in [0.3, 0.4) is 0 Å². The molecule has 0 radical (unpaired) electrons. The number of nitrogens with two attached hydrogens (primary N) is 2. The van der Waals surface area contributed by atoms with Crippen molar-refractivity contribution in [3.63, 3.8) is 0 Å². The molecule has 2 atom stereocenters. The fourth-order valence-electron chi connectivity index (χ4n) is 2.44. The van der Waals surface area contributed by atoms with Crippen molar-refractivity contribution in [2.75, 3.05) is 18.8 Å². The first-order valence-corrected chi connectivity index (χ1v) is 8.19. The quantitative estimate of drug-likeness (QED) is 0.476. The number of nitrogens with zero attached hydrogens (tertiary/aromatic N) is 1. The topological polar surface area (TPSA) is 144 Å². The van der Waals surface area contributed by atoms with Gasteiger partial charge in [-0.15, -0.1) is 0 Å². The number of rotatable bonds is 8. The zero-order chi connectivity index (χ0) is 15.3. The molecule has 9 heteroatoms. The molecule has 1 aliphatic rings. The molecule has 5 N–H and O–H groups in total. The number of carboxylic acids is 1. The summed E-state index contributed by atoms with van der Waals surface area (Å²) in [4.78, 5) is 24.3. The van der Waals surface area contributed by atoms with Crippen LogP contribution < -0.4 is 10.9 Å². The van der Waals surface area contributed by atoms with Gasteiger partial charge in [-0.3, -0.25) is 4.79 Å². The van der Waals surface area contributed by atoms with Gasteiger partial charge in [-0.1, -0.05) is 0 Å². The summed E-state index contributed by atoms with van der Waals surface area (Å²) in [7, 11) is -3.66. The third kappa shape index (κ3) is 5.06. The Hall–Kier alpha value is -1.19. The Morgan fingerprint density at radius 1 is 1.45 bits per heavy atom. The molecule has 0 aromatic heterocycles. The monoisotopic (exact) mass is 307 g/mol. The molecular formula is C11H21N3O5S. The highest BCUT2D eigenvalue weighted by molar-refractivity contribution is 7.89. The van der Waals surface area contributed by atoms with E-state index < -0.39 is 28.0 Å². The molecule has 1 rings (SSSR count). The Morgan fingerprint density at radius 3 is 2.60 bits per heavy atom. The molecule has 116 valence electrons. The average Bonchev–Trinajstić information content (AvgIpc) is 2.62. The summed E-state index contributed by atoms with van der Waals surface area (Å²) in [5.74, 6) is -2.15. The Labute approximate surface area is 118 Å². The normalized spacial score (nSPS) is 21.2. The summed E-state index contributed by atoms with van der Waals surface area (Å²) in [5.41, 5.74) is 5.35. The summed E-state index contributed by atoms with van der Waals surface area (Å²) < 4.78 is 22.1. The molecule has 0 spiro atoms. The van der Waals surface area contributed by atoms with Crippen molar-refractivity contribution in [1.82, 2.24) is 4.90 Å². The predicted molar refractivity (Wildman–Crippen MR) is 72.1 cm³/mol. The second kappa shape index (κ2) is 7.00. The van der Waals surface area contributed by atoms with E-state index in [4.69, 9.17) is 10.9 Å². The number of likely N-dealkylation sites (tertiary alicyclic amines) is 1. The highest BCUT2D eigenvalue weighted by Gasteiger charge is 2.38. The van der Waals surface area contributed by atoms with Crippen molar-refractivity contribution in [3.05, 3.63) is 0 Å². The maximum Gasteiger partial charge on any atom is 0.326 e. The largest absolute Gasteiger partial charge is 0.480 e. The molecule has 1 heterocycles. The predicted octanol–water partition coefficient (Wildman–Crippen LogP) is -1.29. The minimum absolute atomic E-state index is 0.0249. The molecule has 1 amide bonds. The van der Waals surface area contributed by atoms with Gasteiger partial charge in [0, 0.05) is 18.9 Å². The number of amides is 1. The van der Waals surface area contributed by atoms with Gasteiger partial charge in [0.05, 0.1) is 5.75 Å². The van der Waals surface area contributed by atoms with E-state index in [1.807, 2.05) is 0 Å². The third-order valence-electron chi connectivity index (χ3n) is 3.30. The fraction of sp³-hybridized carbons (Fsp3) is 0.818. The molecule has 1 aliphatic heterocycles. The lowest BCUT2D eigenvalue weighted by Gasteiger charge is -2.24. The van der Waals surface area contributed by atoms with Crippen molar-refractivity contribution in [2.45, 2.75) is 31.7 Å². The molecule has 0 aromatic carbocycles. The SMILES string of the molecule is NCCCCC(C(=O)O)N1CC(CS(N)(=O)=O)CC1=O. The van der Waals surface area contributed by atoms with Crippen LogP contribution in [-0.2, 0) is 19.6 Å². The first-order valence-electron chi connectivity index (χ1n) is 6.47. The van der Waals surface area contributed by atoms with Crippen LogP contribution in [-0.4, -0.2) is 55.2 Å². The lowest BCUT2D eigenvalue weighted by molar-refractivity contribution is -0.148. The van der Waals surface area contributed by atoms with Crippen LogP contribution in [0.5, 0.6) is 0 Å². The zero-order valence-corrected chi connectivity index (χ0v) is 12.0. The van der Waals surface area contributed by atoms with Crippen LogP contribution in [0.25, 0.3) is 0 Å². The summed E-state index contributed by atoms with van der Waals surface area (Å²) in [5, 5.41) is 14.2. The van der Waals surface area contributed by atoms with Gasteiger partial charge in [0.2, 0.25) is 15.9 Å². The maximum atomic E-state index is 11.9. The van der Waals surface area contributed by atoms with E-state index in [1.54, 1.807) is 0 Å². The standard InChI is InChI=1S/C11H21N3O5S/c12-4-2-1-3-9(11(16)17)14-6-8(5-10(14)15)7-20(13,18)19/h8-9H,1-7,12H2,(H,16,17)(H2,13,18,19). The van der Waals surface area contributed by atoms with E-state index >= 15 is 0 Å². The van der Waals surface area contributed by atoms with Gasteiger partial charge in [0.15, 0.2) is 0 Å². The highest BCUT2D eigenvalue weighted by Crippen LogP contribution is 2.23. The van der Waals surface area contributed by atoms with E-state index in [0.717, 1.165) is 0 Å². The lowest BCUT2D eigenvalue weighted by Crippen LogP contribution is -2.42. The Morgan fingerprint density at radius 2 is 2.10 bits per heavy atom. The van der Waals surface area contributed by atoms with Crippen molar-refractivity contribution in [1.29, 1.82) is 0 Å². The lowest BCUT2D eigenvalue weighted by atomic mass is 10.1. The maximum absolute atomic E-state index is 11.9. The van der Waals surface area contributed by atoms with Crippen LogP contribution >= 0.6 is 0 Å². The van der Waals surface area contributed by atoms with Crippen LogP contribution in [0.1, 0.15) is 25.7 Å². The number of aliphatic carboxylic acids is 1. The zero-order valence-electron chi connectivity index (χ0n) is 11.2.